The molecule has 0 radical (unpaired) electrons. The fourth-order valence-corrected chi connectivity index (χ4v) is 1.95. The smallest absolute Gasteiger partial charge is 0.331 e. The molecule has 2 heterocycles. The number of hydrogen-bond acceptors (Lipinski definition) is 6. The maximum Gasteiger partial charge on any atom is 0.331 e. The minimum atomic E-state index is -1.10. The normalized spacial score (nSPS) is 19.0. The Kier molecular flexibility index (Phi) is 5.42. The summed E-state index contributed by atoms with van der Waals surface area (Å²) in [5.74, 6) is -1.93. The number of carbonyl (C=O) groups is 3. The molecule has 1 aromatic rings. The fraction of sp³-hybridized carbons (Fsp3) is 0.429. The van der Waals surface area contributed by atoms with Crippen molar-refractivity contribution in [1.82, 2.24) is 10.2 Å². The van der Waals surface area contributed by atoms with Crippen LogP contribution in [0.4, 0.5) is 4.79 Å². The van der Waals surface area contributed by atoms with Crippen molar-refractivity contribution in [3.63, 3.8) is 0 Å². The second-order valence-corrected chi connectivity index (χ2v) is 4.68. The van der Waals surface area contributed by atoms with Crippen molar-refractivity contribution < 1.29 is 23.5 Å². The molecular formula is C14H17N3O5. The van der Waals surface area contributed by atoms with Crippen LogP contribution in [-0.4, -0.2) is 49.2 Å². The van der Waals surface area contributed by atoms with Crippen LogP contribution in [-0.2, 0) is 20.9 Å². The average molecular weight is 307 g/mol. The number of methoxy groups -OCH3 is 1. The Bertz CT molecular complexity index is 567. The van der Waals surface area contributed by atoms with E-state index in [1.54, 1.807) is 19.2 Å². The fourth-order valence-electron chi connectivity index (χ4n) is 1.95. The summed E-state index contributed by atoms with van der Waals surface area (Å²) < 4.78 is 10.00. The Balaban J connectivity index is 2.02. The monoisotopic (exact) mass is 307 g/mol. The molecule has 118 valence electrons. The first-order valence-electron chi connectivity index (χ1n) is 6.81. The SMILES string of the molecule is COCCCN=CC1C(=O)NC(=O)N(Cc2ccco2)C1=O. The van der Waals surface area contributed by atoms with Gasteiger partial charge in [-0.25, -0.2) is 4.79 Å². The molecule has 1 fully saturated rings. The summed E-state index contributed by atoms with van der Waals surface area (Å²) in [5, 5.41) is 2.14. The number of nitrogens with one attached hydrogen (secondary N) is 1. The third-order valence-electron chi connectivity index (χ3n) is 3.07. The van der Waals surface area contributed by atoms with Crippen LogP contribution in [0.3, 0.4) is 0 Å². The Morgan fingerprint density at radius 3 is 2.95 bits per heavy atom. The predicted octanol–water partition coefficient (Wildman–Crippen LogP) is 0.581. The molecule has 2 rings (SSSR count). The lowest BCUT2D eigenvalue weighted by molar-refractivity contribution is -0.139. The van der Waals surface area contributed by atoms with Crippen molar-refractivity contribution in [3.8, 4) is 0 Å². The molecule has 4 amide bonds. The summed E-state index contributed by atoms with van der Waals surface area (Å²) >= 11 is 0. The van der Waals surface area contributed by atoms with Gasteiger partial charge in [-0.05, 0) is 18.6 Å². The van der Waals surface area contributed by atoms with Crippen molar-refractivity contribution in [1.29, 1.82) is 0 Å². The summed E-state index contributed by atoms with van der Waals surface area (Å²) in [6, 6.07) is 2.54. The maximum atomic E-state index is 12.3. The van der Waals surface area contributed by atoms with Crippen molar-refractivity contribution in [2.45, 2.75) is 13.0 Å². The Hall–Kier alpha value is -2.48. The average Bonchev–Trinajstić information content (AvgIpc) is 2.99. The van der Waals surface area contributed by atoms with E-state index in [4.69, 9.17) is 9.15 Å². The van der Waals surface area contributed by atoms with Gasteiger partial charge in [0.05, 0.1) is 12.8 Å². The number of barbiturate groups is 1. The molecule has 8 nitrogen and oxygen atoms in total. The highest BCUT2D eigenvalue weighted by Crippen LogP contribution is 2.13. The van der Waals surface area contributed by atoms with E-state index in [0.29, 0.717) is 25.3 Å². The number of imide groups is 2. The zero-order valence-electron chi connectivity index (χ0n) is 12.2. The molecule has 0 saturated carbocycles. The van der Waals surface area contributed by atoms with Crippen LogP contribution in [0.25, 0.3) is 0 Å². The number of ether oxygens (including phenoxy) is 1. The lowest BCUT2D eigenvalue weighted by atomic mass is 10.1. The van der Waals surface area contributed by atoms with Gasteiger partial charge in [0, 0.05) is 26.5 Å². The number of amides is 4. The second kappa shape index (κ2) is 7.51. The maximum absolute atomic E-state index is 12.3. The van der Waals surface area contributed by atoms with Crippen LogP contribution in [0.1, 0.15) is 12.2 Å². The number of furan rings is 1. The van der Waals surface area contributed by atoms with E-state index < -0.39 is 23.8 Å². The van der Waals surface area contributed by atoms with Gasteiger partial charge in [-0.2, -0.15) is 0 Å². The van der Waals surface area contributed by atoms with Gasteiger partial charge in [-0.3, -0.25) is 24.8 Å². The first-order valence-corrected chi connectivity index (χ1v) is 6.81. The highest BCUT2D eigenvalue weighted by molar-refractivity contribution is 6.23. The summed E-state index contributed by atoms with van der Waals surface area (Å²) in [6.07, 6.45) is 3.40. The number of nitrogens with zero attached hydrogens (tertiary/aromatic N) is 2. The molecule has 1 unspecified atom stereocenters. The molecule has 22 heavy (non-hydrogen) atoms. The van der Waals surface area contributed by atoms with Crippen LogP contribution in [0.5, 0.6) is 0 Å². The molecule has 0 aromatic carbocycles. The third kappa shape index (κ3) is 3.79. The predicted molar refractivity (Wildman–Crippen MR) is 76.1 cm³/mol. The van der Waals surface area contributed by atoms with Crippen LogP contribution in [0.15, 0.2) is 27.8 Å². The van der Waals surface area contributed by atoms with E-state index in [-0.39, 0.29) is 6.54 Å². The van der Waals surface area contributed by atoms with Crippen molar-refractivity contribution >= 4 is 24.1 Å². The minimum absolute atomic E-state index is 0.0288. The number of urea groups is 1. The number of carbonyl (C=O) groups excluding carboxylic acids is 3. The lowest BCUT2D eigenvalue weighted by Crippen LogP contribution is -2.57. The van der Waals surface area contributed by atoms with Crippen LogP contribution in [0.2, 0.25) is 0 Å². The summed E-state index contributed by atoms with van der Waals surface area (Å²) in [7, 11) is 1.58. The van der Waals surface area contributed by atoms with Gasteiger partial charge in [0.1, 0.15) is 5.76 Å². The van der Waals surface area contributed by atoms with Gasteiger partial charge in [-0.15, -0.1) is 0 Å². The molecule has 1 aliphatic heterocycles. The van der Waals surface area contributed by atoms with Crippen LogP contribution in [0, 0.1) is 5.92 Å². The zero-order chi connectivity index (χ0) is 15.9. The van der Waals surface area contributed by atoms with Crippen molar-refractivity contribution in [2.24, 2.45) is 10.9 Å². The molecular weight excluding hydrogens is 290 g/mol. The van der Waals surface area contributed by atoms with Crippen molar-refractivity contribution in [2.75, 3.05) is 20.3 Å². The highest BCUT2D eigenvalue weighted by Gasteiger charge is 2.39. The van der Waals surface area contributed by atoms with E-state index in [1.165, 1.54) is 12.5 Å². The number of hydrogen-bond donors (Lipinski definition) is 1. The topological polar surface area (TPSA) is 101 Å². The van der Waals surface area contributed by atoms with Gasteiger partial charge >= 0.3 is 6.03 Å². The summed E-state index contributed by atoms with van der Waals surface area (Å²) in [6.45, 7) is 0.960. The third-order valence-corrected chi connectivity index (χ3v) is 3.07. The quantitative estimate of drug-likeness (QED) is 0.451. The van der Waals surface area contributed by atoms with Crippen LogP contribution < -0.4 is 5.32 Å². The molecule has 0 aliphatic carbocycles. The summed E-state index contributed by atoms with van der Waals surface area (Å²) in [5.41, 5.74) is 0. The molecule has 0 bridgehead atoms. The summed E-state index contributed by atoms with van der Waals surface area (Å²) in [4.78, 5) is 40.8. The van der Waals surface area contributed by atoms with E-state index in [2.05, 4.69) is 10.3 Å². The Morgan fingerprint density at radius 1 is 1.45 bits per heavy atom. The van der Waals surface area contributed by atoms with Gasteiger partial charge in [0.2, 0.25) is 11.8 Å². The second-order valence-electron chi connectivity index (χ2n) is 4.68. The zero-order valence-corrected chi connectivity index (χ0v) is 12.2. The molecule has 1 N–H and O–H groups in total. The molecule has 1 atom stereocenters. The highest BCUT2D eigenvalue weighted by atomic mass is 16.5. The van der Waals surface area contributed by atoms with Crippen molar-refractivity contribution in [3.05, 3.63) is 24.2 Å². The first kappa shape index (κ1) is 15.9. The van der Waals surface area contributed by atoms with Gasteiger partial charge < -0.3 is 9.15 Å². The van der Waals surface area contributed by atoms with E-state index in [0.717, 1.165) is 4.90 Å². The van der Waals surface area contributed by atoms with Crippen LogP contribution >= 0.6 is 0 Å². The van der Waals surface area contributed by atoms with Gasteiger partial charge in [-0.1, -0.05) is 0 Å². The Morgan fingerprint density at radius 2 is 2.27 bits per heavy atom. The van der Waals surface area contributed by atoms with Gasteiger partial charge in [0.15, 0.2) is 5.92 Å². The lowest BCUT2D eigenvalue weighted by Gasteiger charge is -2.27. The minimum Gasteiger partial charge on any atom is -0.467 e. The largest absolute Gasteiger partial charge is 0.467 e. The molecule has 0 spiro atoms. The molecule has 1 aliphatic rings. The Labute approximate surface area is 127 Å². The van der Waals surface area contributed by atoms with E-state index in [9.17, 15) is 14.4 Å². The molecule has 1 saturated heterocycles. The standard InChI is InChI=1S/C14H17N3O5/c1-21-6-3-5-15-8-11-12(18)16-14(20)17(13(11)19)9-10-4-2-7-22-10/h2,4,7-8,11H,3,5-6,9H2,1H3,(H,16,18,20). The van der Waals surface area contributed by atoms with E-state index >= 15 is 0 Å². The molecule has 1 aromatic heterocycles. The molecule has 8 heteroatoms. The van der Waals surface area contributed by atoms with Gasteiger partial charge in [0.25, 0.3) is 0 Å². The first-order chi connectivity index (χ1) is 10.6. The van der Waals surface area contributed by atoms with E-state index in [1.807, 2.05) is 0 Å². The number of aliphatic imine (C=N–C) groups is 1. The number of rotatable bonds is 7.